The highest BCUT2D eigenvalue weighted by molar-refractivity contribution is 7.90. The summed E-state index contributed by atoms with van der Waals surface area (Å²) in [6.45, 7) is 1.37. The summed E-state index contributed by atoms with van der Waals surface area (Å²) in [7, 11) is -4.29. The van der Waals surface area contributed by atoms with Crippen molar-refractivity contribution in [2.45, 2.75) is 11.8 Å². The van der Waals surface area contributed by atoms with E-state index in [1.165, 1.54) is 6.92 Å². The monoisotopic (exact) mass is 276 g/mol. The van der Waals surface area contributed by atoms with E-state index in [0.717, 1.165) is 18.2 Å². The van der Waals surface area contributed by atoms with Crippen molar-refractivity contribution in [3.63, 3.8) is 0 Å². The Morgan fingerprint density at radius 1 is 1.47 bits per heavy atom. The van der Waals surface area contributed by atoms with Crippen LogP contribution in [0.15, 0.2) is 21.4 Å². The third-order valence-corrected chi connectivity index (χ3v) is 3.48. The number of rotatable bonds is 3. The molecule has 0 radical (unpaired) electrons. The van der Waals surface area contributed by atoms with Gasteiger partial charge in [-0.2, -0.15) is 8.42 Å². The Morgan fingerprint density at radius 3 is 2.53 bits per heavy atom. The summed E-state index contributed by atoms with van der Waals surface area (Å²) in [6, 6.07) is 1.78. The van der Waals surface area contributed by atoms with E-state index in [9.17, 15) is 23.3 Å². The zero-order valence-electron chi connectivity index (χ0n) is 8.38. The van der Waals surface area contributed by atoms with Gasteiger partial charge in [0.1, 0.15) is 0 Å². The van der Waals surface area contributed by atoms with Gasteiger partial charge in [-0.05, 0) is 13.0 Å². The van der Waals surface area contributed by atoms with Gasteiger partial charge in [-0.25, -0.2) is 4.79 Å². The van der Waals surface area contributed by atoms with Gasteiger partial charge in [0.2, 0.25) is 0 Å². The van der Waals surface area contributed by atoms with Crippen LogP contribution in [0.3, 0.4) is 0 Å². The fraction of sp³-hybridized carbons (Fsp3) is 0.125. The molecule has 0 N–H and O–H groups in total. The van der Waals surface area contributed by atoms with Gasteiger partial charge in [-0.15, -0.1) is 0 Å². The topological polar surface area (TPSA) is 107 Å². The van der Waals surface area contributed by atoms with Crippen LogP contribution in [0.4, 0.5) is 5.69 Å². The minimum Gasteiger partial charge on any atom is -0.258 e. The lowest BCUT2D eigenvalue weighted by Gasteiger charge is -2.02. The molecule has 0 aliphatic heterocycles. The van der Waals surface area contributed by atoms with Gasteiger partial charge in [0.15, 0.2) is 0 Å². The maximum Gasteiger partial charge on any atom is 0.292 e. The number of hydrogen-bond donors (Lipinski definition) is 0. The summed E-state index contributed by atoms with van der Waals surface area (Å²) < 4.78 is 25.3. The first-order chi connectivity index (χ1) is 7.79. The number of benzene rings is 1. The van der Waals surface area contributed by atoms with Crippen molar-refractivity contribution in [3.8, 4) is 0 Å². The summed E-state index contributed by atoms with van der Waals surface area (Å²) in [5.41, 5.74) is -0.331. The Bertz CT molecular complexity index is 634. The summed E-state index contributed by atoms with van der Waals surface area (Å²) in [6.07, 6.45) is 0.863. The molecule has 0 heterocycles. The molecule has 0 unspecified atom stereocenters. The number of isocyanates is 1. The summed E-state index contributed by atoms with van der Waals surface area (Å²) in [5, 5.41) is 10.6. The lowest BCUT2D eigenvalue weighted by Crippen LogP contribution is -2.00. The maximum absolute atomic E-state index is 11.4. The molecule has 0 aliphatic carbocycles. The molecular weight excluding hydrogens is 272 g/mol. The molecule has 90 valence electrons. The fourth-order valence-corrected chi connectivity index (χ4v) is 2.09. The number of nitro groups is 1. The molecule has 7 nitrogen and oxygen atoms in total. The van der Waals surface area contributed by atoms with Gasteiger partial charge in [-0.1, -0.05) is 16.0 Å². The van der Waals surface area contributed by atoms with Gasteiger partial charge in [0, 0.05) is 11.6 Å². The average molecular weight is 277 g/mol. The molecule has 17 heavy (non-hydrogen) atoms. The fourth-order valence-electron chi connectivity index (χ4n) is 1.08. The molecule has 0 fully saturated rings. The second-order valence-corrected chi connectivity index (χ2v) is 4.98. The zero-order chi connectivity index (χ0) is 13.2. The van der Waals surface area contributed by atoms with E-state index in [2.05, 4.69) is 4.40 Å². The molecule has 0 aliphatic rings. The van der Waals surface area contributed by atoms with Crippen LogP contribution in [0.25, 0.3) is 0 Å². The predicted octanol–water partition coefficient (Wildman–Crippen LogP) is 1.58. The first kappa shape index (κ1) is 13.3. The Hall–Kier alpha value is -1.76. The molecule has 0 amide bonds. The predicted molar refractivity (Wildman–Crippen MR) is 58.2 cm³/mol. The Morgan fingerprint density at radius 2 is 2.06 bits per heavy atom. The summed E-state index contributed by atoms with van der Waals surface area (Å²) in [5.74, 6) is 0. The average Bonchev–Trinajstić information content (AvgIpc) is 2.21. The quantitative estimate of drug-likeness (QED) is 0.360. The highest BCUT2D eigenvalue weighted by Crippen LogP contribution is 2.30. The number of nitro benzene ring substituents is 1. The van der Waals surface area contributed by atoms with Crippen molar-refractivity contribution in [2.75, 3.05) is 0 Å². The van der Waals surface area contributed by atoms with Crippen LogP contribution in [0, 0.1) is 17.0 Å². The molecule has 1 aromatic carbocycles. The van der Waals surface area contributed by atoms with Gasteiger partial charge in [0.25, 0.3) is 21.8 Å². The molecule has 0 aromatic heterocycles. The van der Waals surface area contributed by atoms with E-state index in [-0.39, 0.29) is 10.6 Å². The van der Waals surface area contributed by atoms with Crippen LogP contribution in [0.2, 0.25) is 5.02 Å². The first-order valence-corrected chi connectivity index (χ1v) is 5.90. The van der Waals surface area contributed by atoms with Gasteiger partial charge < -0.3 is 0 Å². The molecule has 0 saturated heterocycles. The van der Waals surface area contributed by atoms with Crippen LogP contribution in [-0.2, 0) is 14.8 Å². The minimum atomic E-state index is -4.29. The highest BCUT2D eigenvalue weighted by Gasteiger charge is 2.21. The van der Waals surface area contributed by atoms with Crippen molar-refractivity contribution >= 4 is 33.4 Å². The molecule has 9 heteroatoms. The zero-order valence-corrected chi connectivity index (χ0v) is 9.95. The Kier molecular flexibility index (Phi) is 3.62. The molecular formula is C8H5ClN2O5S. The van der Waals surface area contributed by atoms with E-state index >= 15 is 0 Å². The van der Waals surface area contributed by atoms with Crippen LogP contribution in [-0.4, -0.2) is 19.4 Å². The lowest BCUT2D eigenvalue weighted by atomic mass is 10.2. The molecule has 0 bridgehead atoms. The van der Waals surface area contributed by atoms with Gasteiger partial charge in [-0.3, -0.25) is 10.1 Å². The van der Waals surface area contributed by atoms with E-state index in [0.29, 0.717) is 0 Å². The number of hydrogen-bond acceptors (Lipinski definition) is 5. The van der Waals surface area contributed by atoms with Crippen molar-refractivity contribution in [1.82, 2.24) is 0 Å². The van der Waals surface area contributed by atoms with Crippen LogP contribution >= 0.6 is 11.6 Å². The van der Waals surface area contributed by atoms with E-state index in [4.69, 9.17) is 11.6 Å². The second-order valence-electron chi connectivity index (χ2n) is 2.96. The third kappa shape index (κ3) is 2.68. The largest absolute Gasteiger partial charge is 0.292 e. The van der Waals surface area contributed by atoms with Crippen molar-refractivity contribution in [2.24, 2.45) is 4.40 Å². The first-order valence-electron chi connectivity index (χ1n) is 4.08. The van der Waals surface area contributed by atoms with Crippen molar-refractivity contribution < 1.29 is 18.1 Å². The maximum atomic E-state index is 11.4. The van der Waals surface area contributed by atoms with Crippen LogP contribution in [0.1, 0.15) is 5.56 Å². The van der Waals surface area contributed by atoms with E-state index in [1.807, 2.05) is 0 Å². The lowest BCUT2D eigenvalue weighted by molar-refractivity contribution is -0.385. The molecule has 1 rings (SSSR count). The highest BCUT2D eigenvalue weighted by atomic mass is 35.5. The minimum absolute atomic E-state index is 0.0983. The SMILES string of the molecule is Cc1c(Cl)cc(S(=O)(=O)N=C=O)cc1[N+](=O)[O-]. The molecule has 0 atom stereocenters. The smallest absolute Gasteiger partial charge is 0.258 e. The number of nitrogens with zero attached hydrogens (tertiary/aromatic N) is 2. The third-order valence-electron chi connectivity index (χ3n) is 1.94. The molecule has 0 spiro atoms. The van der Waals surface area contributed by atoms with Gasteiger partial charge >= 0.3 is 0 Å². The Labute approximate surface area is 101 Å². The molecule has 1 aromatic rings. The molecule has 0 saturated carbocycles. The summed E-state index contributed by atoms with van der Waals surface area (Å²) in [4.78, 5) is 19.3. The van der Waals surface area contributed by atoms with E-state index in [1.54, 1.807) is 0 Å². The van der Waals surface area contributed by atoms with Crippen molar-refractivity contribution in [1.29, 1.82) is 0 Å². The number of sulfonamides is 1. The normalized spacial score (nSPS) is 10.7. The van der Waals surface area contributed by atoms with Crippen LogP contribution in [0.5, 0.6) is 0 Å². The number of carbonyl (C=O) groups excluding carboxylic acids is 1. The Balaban J connectivity index is 3.60. The van der Waals surface area contributed by atoms with Gasteiger partial charge in [0.05, 0.1) is 14.8 Å². The summed E-state index contributed by atoms with van der Waals surface area (Å²) >= 11 is 5.66. The van der Waals surface area contributed by atoms with E-state index < -0.39 is 25.5 Å². The van der Waals surface area contributed by atoms with Crippen LogP contribution < -0.4 is 0 Å². The second kappa shape index (κ2) is 4.62. The number of halogens is 1. The standard InChI is InChI=1S/C8H5ClN2O5S/c1-5-7(9)2-6(3-8(5)11(13)14)17(15,16)10-4-12/h2-3H,1H3. The van der Waals surface area contributed by atoms with Crippen molar-refractivity contribution in [3.05, 3.63) is 32.8 Å².